The van der Waals surface area contributed by atoms with E-state index in [-0.39, 0.29) is 4.90 Å². The number of hydrogen-bond acceptors (Lipinski definition) is 5. The first-order valence-electron chi connectivity index (χ1n) is 11.8. The normalized spacial score (nSPS) is 11.7. The molecule has 0 N–H and O–H groups in total. The van der Waals surface area contributed by atoms with E-state index < -0.39 is 10.1 Å². The lowest BCUT2D eigenvalue weighted by Crippen LogP contribution is -2.35. The molecule has 7 nitrogen and oxygen atoms in total. The monoisotopic (exact) mass is 500 g/mol. The predicted molar refractivity (Wildman–Crippen MR) is 141 cm³/mol. The van der Waals surface area contributed by atoms with E-state index in [1.807, 2.05) is 37.3 Å². The number of aromatic nitrogens is 4. The van der Waals surface area contributed by atoms with Crippen LogP contribution in [0.15, 0.2) is 83.8 Å². The summed E-state index contributed by atoms with van der Waals surface area (Å²) in [4.78, 5) is 9.58. The summed E-state index contributed by atoms with van der Waals surface area (Å²) in [5, 5.41) is 0. The zero-order valence-electron chi connectivity index (χ0n) is 20.5. The Morgan fingerprint density at radius 2 is 1.47 bits per heavy atom. The molecule has 36 heavy (non-hydrogen) atoms. The minimum absolute atomic E-state index is 0.178. The molecule has 0 saturated heterocycles. The first-order chi connectivity index (χ1) is 17.3. The fraction of sp³-hybridized carbons (Fsp3) is 0.179. The van der Waals surface area contributed by atoms with Gasteiger partial charge in [0.05, 0.1) is 18.0 Å². The van der Waals surface area contributed by atoms with Gasteiger partial charge in [-0.2, -0.15) is 0 Å². The molecule has 0 aliphatic heterocycles. The molecule has 0 atom stereocenters. The zero-order chi connectivity index (χ0) is 25.7. The van der Waals surface area contributed by atoms with Gasteiger partial charge in [-0.15, -0.1) is 0 Å². The minimum atomic E-state index is -4.27. The summed E-state index contributed by atoms with van der Waals surface area (Å²) in [5.41, 5.74) is 5.86. The van der Waals surface area contributed by atoms with Crippen LogP contribution in [0.1, 0.15) is 30.8 Å². The molecule has 0 aliphatic rings. The quantitative estimate of drug-likeness (QED) is 0.251. The maximum absolute atomic E-state index is 10.4. The highest BCUT2D eigenvalue weighted by Crippen LogP contribution is 2.18. The molecule has 2 aromatic heterocycles. The molecule has 5 aromatic rings. The average Bonchev–Trinajstić information content (AvgIpc) is 3.18. The van der Waals surface area contributed by atoms with E-state index >= 15 is 0 Å². The summed E-state index contributed by atoms with van der Waals surface area (Å²) in [5.74, 6) is 1.12. The van der Waals surface area contributed by atoms with E-state index in [0.717, 1.165) is 46.8 Å². The number of rotatable bonds is 5. The van der Waals surface area contributed by atoms with Crippen molar-refractivity contribution in [2.75, 3.05) is 0 Å². The lowest BCUT2D eigenvalue weighted by atomic mass is 10.2. The first kappa shape index (κ1) is 25.2. The number of benzene rings is 3. The van der Waals surface area contributed by atoms with Gasteiger partial charge >= 0.3 is 5.65 Å². The standard InChI is InChI=1S/C21H21N4.C7H8O3S/c1-3-24-19(15-14-16-10-6-5-7-11-16)25(4-2)21-20(24)22-17-12-8-9-13-18(17)23-21;1-6-2-4-7(5-3-6)11(8,9)10/h5-15H,3-4H2,1-2H3;2-5H,1H3,(H,8,9,10)/q+1;/p-1. The molecular weight excluding hydrogens is 472 g/mol. The van der Waals surface area contributed by atoms with E-state index in [4.69, 9.17) is 9.97 Å². The van der Waals surface area contributed by atoms with Crippen LogP contribution in [0.25, 0.3) is 34.5 Å². The van der Waals surface area contributed by atoms with Gasteiger partial charge < -0.3 is 4.55 Å². The van der Waals surface area contributed by atoms with Gasteiger partial charge in [0, 0.05) is 6.08 Å². The molecule has 0 fully saturated rings. The second kappa shape index (κ2) is 10.8. The maximum atomic E-state index is 10.4. The highest BCUT2D eigenvalue weighted by atomic mass is 32.2. The van der Waals surface area contributed by atoms with Crippen molar-refractivity contribution in [2.24, 2.45) is 0 Å². The minimum Gasteiger partial charge on any atom is -0.744 e. The highest BCUT2D eigenvalue weighted by Gasteiger charge is 2.23. The SMILES string of the molecule is CCn1c(C=Cc2ccccc2)[n+](CC)c2nc3ccccc3nc21.Cc1ccc(S(=O)(=O)[O-])cc1. The van der Waals surface area contributed by atoms with E-state index in [9.17, 15) is 13.0 Å². The third-order valence-electron chi connectivity index (χ3n) is 5.77. The van der Waals surface area contributed by atoms with Crippen molar-refractivity contribution in [3.8, 4) is 0 Å². The summed E-state index contributed by atoms with van der Waals surface area (Å²) in [6.45, 7) is 7.82. The van der Waals surface area contributed by atoms with Gasteiger partial charge in [0.25, 0.3) is 5.65 Å². The van der Waals surface area contributed by atoms with Crippen molar-refractivity contribution in [3.63, 3.8) is 0 Å². The van der Waals surface area contributed by atoms with Crippen LogP contribution >= 0.6 is 0 Å². The van der Waals surface area contributed by atoms with Crippen molar-refractivity contribution in [1.82, 2.24) is 14.5 Å². The maximum Gasteiger partial charge on any atom is 0.323 e. The Morgan fingerprint density at radius 3 is 2.06 bits per heavy atom. The molecule has 0 amide bonds. The Morgan fingerprint density at radius 1 is 0.861 bits per heavy atom. The number of hydrogen-bond donors (Lipinski definition) is 0. The van der Waals surface area contributed by atoms with Gasteiger partial charge in [-0.25, -0.2) is 22.5 Å². The Bertz CT molecular complexity index is 1560. The van der Waals surface area contributed by atoms with Crippen LogP contribution < -0.4 is 4.57 Å². The fourth-order valence-corrected chi connectivity index (χ4v) is 4.42. The van der Waals surface area contributed by atoms with Gasteiger partial charge in [0.15, 0.2) is 5.52 Å². The van der Waals surface area contributed by atoms with Crippen LogP contribution in [0.4, 0.5) is 0 Å². The van der Waals surface area contributed by atoms with Crippen LogP contribution in [-0.4, -0.2) is 27.5 Å². The predicted octanol–water partition coefficient (Wildman–Crippen LogP) is 4.98. The molecule has 0 unspecified atom stereocenters. The molecule has 0 aliphatic carbocycles. The number of para-hydroxylation sites is 2. The Kier molecular flexibility index (Phi) is 7.57. The summed E-state index contributed by atoms with van der Waals surface area (Å²) >= 11 is 0. The molecule has 0 radical (unpaired) electrons. The van der Waals surface area contributed by atoms with E-state index in [1.165, 1.54) is 17.7 Å². The molecule has 184 valence electrons. The number of imidazole rings is 1. The van der Waals surface area contributed by atoms with Crippen LogP contribution in [-0.2, 0) is 23.2 Å². The summed E-state index contributed by atoms with van der Waals surface area (Å²) < 4.78 is 35.6. The number of fused-ring (bicyclic) bond motifs is 2. The van der Waals surface area contributed by atoms with Gasteiger partial charge in [0.2, 0.25) is 5.82 Å². The van der Waals surface area contributed by atoms with Gasteiger partial charge in [-0.05, 0) is 56.7 Å². The average molecular weight is 501 g/mol. The molecular formula is C28H28N4O3S. The molecule has 3 aromatic carbocycles. The second-order valence-corrected chi connectivity index (χ2v) is 9.60. The highest BCUT2D eigenvalue weighted by molar-refractivity contribution is 7.85. The van der Waals surface area contributed by atoms with Gasteiger partial charge in [-0.1, -0.05) is 65.1 Å². The Hall–Kier alpha value is -3.88. The molecule has 0 saturated carbocycles. The summed E-state index contributed by atoms with van der Waals surface area (Å²) in [6, 6.07) is 24.2. The van der Waals surface area contributed by atoms with Crippen molar-refractivity contribution in [1.29, 1.82) is 0 Å². The molecule has 0 bridgehead atoms. The number of aryl methyl sites for hydroxylation is 3. The van der Waals surface area contributed by atoms with Crippen molar-refractivity contribution >= 4 is 44.6 Å². The van der Waals surface area contributed by atoms with E-state index in [1.54, 1.807) is 12.1 Å². The van der Waals surface area contributed by atoms with Crippen LogP contribution in [0, 0.1) is 6.92 Å². The van der Waals surface area contributed by atoms with Crippen molar-refractivity contribution < 1.29 is 17.5 Å². The largest absolute Gasteiger partial charge is 0.744 e. The van der Waals surface area contributed by atoms with E-state index in [2.05, 4.69) is 59.4 Å². The van der Waals surface area contributed by atoms with Crippen LogP contribution in [0.5, 0.6) is 0 Å². The lowest BCUT2D eigenvalue weighted by Gasteiger charge is -2.05. The topological polar surface area (TPSA) is 91.8 Å². The third kappa shape index (κ3) is 5.50. The summed E-state index contributed by atoms with van der Waals surface area (Å²) in [7, 11) is -4.27. The Labute approximate surface area is 211 Å². The molecule has 0 spiro atoms. The van der Waals surface area contributed by atoms with Gasteiger partial charge in [-0.3, -0.25) is 0 Å². The van der Waals surface area contributed by atoms with Crippen molar-refractivity contribution in [3.05, 3.63) is 95.8 Å². The zero-order valence-corrected chi connectivity index (χ0v) is 21.3. The fourth-order valence-electron chi connectivity index (χ4n) is 3.95. The second-order valence-electron chi connectivity index (χ2n) is 8.22. The first-order valence-corrected chi connectivity index (χ1v) is 13.2. The lowest BCUT2D eigenvalue weighted by molar-refractivity contribution is -0.672. The number of nitrogens with zero attached hydrogens (tertiary/aromatic N) is 4. The van der Waals surface area contributed by atoms with Crippen LogP contribution in [0.3, 0.4) is 0 Å². The summed E-state index contributed by atoms with van der Waals surface area (Å²) in [6.07, 6.45) is 4.31. The molecule has 8 heteroatoms. The van der Waals surface area contributed by atoms with E-state index in [0.29, 0.717) is 0 Å². The molecule has 5 rings (SSSR count). The smallest absolute Gasteiger partial charge is 0.323 e. The Balaban J connectivity index is 0.000000233. The third-order valence-corrected chi connectivity index (χ3v) is 6.61. The van der Waals surface area contributed by atoms with Crippen LogP contribution in [0.2, 0.25) is 0 Å². The molecule has 2 heterocycles. The van der Waals surface area contributed by atoms with Crippen molar-refractivity contribution in [2.45, 2.75) is 38.8 Å². The van der Waals surface area contributed by atoms with Gasteiger partial charge in [0.1, 0.15) is 15.6 Å².